The summed E-state index contributed by atoms with van der Waals surface area (Å²) in [4.78, 5) is 29.6. The van der Waals surface area contributed by atoms with Crippen molar-refractivity contribution in [2.45, 2.75) is 32.4 Å². The molecule has 0 aliphatic carbocycles. The van der Waals surface area contributed by atoms with Gasteiger partial charge in [-0.2, -0.15) is 4.99 Å². The number of methoxy groups -OCH3 is 1. The molecule has 1 amide bonds. The summed E-state index contributed by atoms with van der Waals surface area (Å²) < 4.78 is 8.76. The van der Waals surface area contributed by atoms with Gasteiger partial charge in [-0.05, 0) is 43.0 Å². The molecule has 2 aromatic heterocycles. The molecule has 0 radical (unpaired) electrons. The van der Waals surface area contributed by atoms with Gasteiger partial charge in [0.25, 0.3) is 5.91 Å². The summed E-state index contributed by atoms with van der Waals surface area (Å²) in [6, 6.07) is 17.3. The summed E-state index contributed by atoms with van der Waals surface area (Å²) in [5.74, 6) is -0.759. The number of esters is 1. The average Bonchev–Trinajstić information content (AvgIpc) is 3.15. The summed E-state index contributed by atoms with van der Waals surface area (Å²) in [7, 11) is 1.36. The van der Waals surface area contributed by atoms with E-state index in [4.69, 9.17) is 4.74 Å². The maximum Gasteiger partial charge on any atom is 0.339 e. The zero-order chi connectivity index (χ0) is 20.2. The second-order valence-electron chi connectivity index (χ2n) is 7.08. The third-order valence-corrected chi connectivity index (χ3v) is 5.21. The number of rotatable bonds is 4. The average molecular weight is 389 g/mol. The van der Waals surface area contributed by atoms with Gasteiger partial charge in [-0.25, -0.2) is 4.79 Å². The highest BCUT2D eigenvalue weighted by molar-refractivity contribution is 5.99. The minimum atomic E-state index is -0.409. The molecule has 0 unspecified atom stereocenters. The Morgan fingerprint density at radius 3 is 2.66 bits per heavy atom. The Bertz CT molecular complexity index is 1110. The Balaban J connectivity index is 1.73. The number of hydrogen-bond donors (Lipinski definition) is 0. The summed E-state index contributed by atoms with van der Waals surface area (Å²) in [6.45, 7) is 1.33. The van der Waals surface area contributed by atoms with Gasteiger partial charge in [0.2, 0.25) is 0 Å². The molecule has 0 N–H and O–H groups in total. The van der Waals surface area contributed by atoms with Crippen molar-refractivity contribution >= 4 is 11.9 Å². The Morgan fingerprint density at radius 2 is 1.86 bits per heavy atom. The van der Waals surface area contributed by atoms with Gasteiger partial charge in [0, 0.05) is 25.0 Å². The maximum absolute atomic E-state index is 13.1. The minimum absolute atomic E-state index is 0.351. The molecule has 1 aliphatic heterocycles. The fourth-order valence-electron chi connectivity index (χ4n) is 3.78. The van der Waals surface area contributed by atoms with E-state index in [-0.39, 0.29) is 5.91 Å². The SMILES string of the molecule is COC(=O)c1cc(C(=O)N=c2ccccn2Cc2ccccc2)n2c1CCCC2. The molecule has 3 aromatic rings. The van der Waals surface area contributed by atoms with Crippen molar-refractivity contribution in [3.05, 3.63) is 88.8 Å². The number of amides is 1. The molecule has 0 fully saturated rings. The van der Waals surface area contributed by atoms with Crippen LogP contribution in [0.5, 0.6) is 0 Å². The number of nitrogens with zero attached hydrogens (tertiary/aromatic N) is 3. The lowest BCUT2D eigenvalue weighted by molar-refractivity contribution is 0.0599. The van der Waals surface area contributed by atoms with Crippen LogP contribution in [0.15, 0.2) is 65.8 Å². The summed E-state index contributed by atoms with van der Waals surface area (Å²) >= 11 is 0. The number of aromatic nitrogens is 2. The topological polar surface area (TPSA) is 65.6 Å². The maximum atomic E-state index is 13.1. The third-order valence-electron chi connectivity index (χ3n) is 5.21. The van der Waals surface area contributed by atoms with Gasteiger partial charge in [0.15, 0.2) is 0 Å². The van der Waals surface area contributed by atoms with Crippen molar-refractivity contribution < 1.29 is 14.3 Å². The van der Waals surface area contributed by atoms with E-state index >= 15 is 0 Å². The van der Waals surface area contributed by atoms with Gasteiger partial charge in [0.05, 0.1) is 12.7 Å². The highest BCUT2D eigenvalue weighted by Gasteiger charge is 2.25. The molecule has 0 bridgehead atoms. The quantitative estimate of drug-likeness (QED) is 0.644. The zero-order valence-electron chi connectivity index (χ0n) is 16.4. The third kappa shape index (κ3) is 3.92. The molecule has 6 heteroatoms. The molecule has 3 heterocycles. The molecular weight excluding hydrogens is 366 g/mol. The molecule has 1 aliphatic rings. The fraction of sp³-hybridized carbons (Fsp3) is 0.261. The standard InChI is InChI=1S/C23H23N3O3/c1-29-23(28)18-15-20(26-14-8-5-11-19(18)26)22(27)24-21-12-6-7-13-25(21)16-17-9-3-2-4-10-17/h2-4,6-7,9-10,12-13,15H,5,8,11,14,16H2,1H3. The van der Waals surface area contributed by atoms with Crippen molar-refractivity contribution in [2.24, 2.45) is 4.99 Å². The smallest absolute Gasteiger partial charge is 0.339 e. The molecule has 4 rings (SSSR count). The molecule has 0 saturated heterocycles. The van der Waals surface area contributed by atoms with Gasteiger partial charge in [-0.3, -0.25) is 4.79 Å². The summed E-state index contributed by atoms with van der Waals surface area (Å²) in [5.41, 5.74) is 3.48. The van der Waals surface area contributed by atoms with Crippen LogP contribution in [0.4, 0.5) is 0 Å². The first kappa shape index (κ1) is 18.9. The van der Waals surface area contributed by atoms with Gasteiger partial charge in [-0.15, -0.1) is 0 Å². The van der Waals surface area contributed by atoms with Gasteiger partial charge >= 0.3 is 5.97 Å². The second kappa shape index (κ2) is 8.31. The van der Waals surface area contributed by atoms with Gasteiger partial charge in [0.1, 0.15) is 11.2 Å². The van der Waals surface area contributed by atoms with Crippen LogP contribution >= 0.6 is 0 Å². The molecule has 0 spiro atoms. The van der Waals surface area contributed by atoms with Crippen LogP contribution < -0.4 is 5.49 Å². The van der Waals surface area contributed by atoms with E-state index in [1.54, 1.807) is 6.07 Å². The van der Waals surface area contributed by atoms with Crippen LogP contribution in [0.3, 0.4) is 0 Å². The van der Waals surface area contributed by atoms with Crippen LogP contribution in [0, 0.1) is 0 Å². The number of hydrogen-bond acceptors (Lipinski definition) is 3. The van der Waals surface area contributed by atoms with Gasteiger partial charge in [-0.1, -0.05) is 36.4 Å². The van der Waals surface area contributed by atoms with Crippen LogP contribution in [-0.4, -0.2) is 28.1 Å². The van der Waals surface area contributed by atoms with E-state index in [2.05, 4.69) is 4.99 Å². The van der Waals surface area contributed by atoms with Crippen molar-refractivity contribution in [3.8, 4) is 0 Å². The monoisotopic (exact) mass is 389 g/mol. The van der Waals surface area contributed by atoms with Crippen LogP contribution in [0.2, 0.25) is 0 Å². The molecular formula is C23H23N3O3. The molecule has 29 heavy (non-hydrogen) atoms. The Morgan fingerprint density at radius 1 is 1.07 bits per heavy atom. The molecule has 0 saturated carbocycles. The minimum Gasteiger partial charge on any atom is -0.465 e. The van der Waals surface area contributed by atoms with E-state index in [0.29, 0.717) is 29.8 Å². The van der Waals surface area contributed by atoms with E-state index < -0.39 is 5.97 Å². The van der Waals surface area contributed by atoms with Crippen LogP contribution in [0.1, 0.15) is 44.9 Å². The normalized spacial score (nSPS) is 13.8. The lowest BCUT2D eigenvalue weighted by Gasteiger charge is -2.17. The van der Waals surface area contributed by atoms with Crippen molar-refractivity contribution in [1.82, 2.24) is 9.13 Å². The number of pyridine rings is 1. The second-order valence-corrected chi connectivity index (χ2v) is 7.08. The molecule has 148 valence electrons. The predicted octanol–water partition coefficient (Wildman–Crippen LogP) is 3.20. The first-order valence-corrected chi connectivity index (χ1v) is 9.76. The largest absolute Gasteiger partial charge is 0.465 e. The van der Waals surface area contributed by atoms with E-state index in [0.717, 1.165) is 30.5 Å². The number of carbonyl (C=O) groups excluding carboxylic acids is 2. The van der Waals surface area contributed by atoms with Crippen molar-refractivity contribution in [1.29, 1.82) is 0 Å². The summed E-state index contributed by atoms with van der Waals surface area (Å²) in [5, 5.41) is 0. The van der Waals surface area contributed by atoms with E-state index in [1.807, 2.05) is 63.9 Å². The molecule has 6 nitrogen and oxygen atoms in total. The lowest BCUT2D eigenvalue weighted by atomic mass is 10.1. The van der Waals surface area contributed by atoms with Crippen molar-refractivity contribution in [2.75, 3.05) is 7.11 Å². The van der Waals surface area contributed by atoms with Crippen molar-refractivity contribution in [3.63, 3.8) is 0 Å². The zero-order valence-corrected chi connectivity index (χ0v) is 16.4. The first-order valence-electron chi connectivity index (χ1n) is 9.76. The number of benzene rings is 1. The Kier molecular flexibility index (Phi) is 5.42. The Hall–Kier alpha value is -3.41. The number of fused-ring (bicyclic) bond motifs is 1. The number of ether oxygens (including phenoxy) is 1. The lowest BCUT2D eigenvalue weighted by Crippen LogP contribution is -2.23. The molecule has 1 aromatic carbocycles. The molecule has 0 atom stereocenters. The van der Waals surface area contributed by atoms with E-state index in [9.17, 15) is 9.59 Å². The van der Waals surface area contributed by atoms with Crippen LogP contribution in [-0.2, 0) is 24.2 Å². The Labute approximate surface area is 169 Å². The summed E-state index contributed by atoms with van der Waals surface area (Å²) in [6.07, 6.45) is 4.64. The first-order chi connectivity index (χ1) is 14.2. The number of carbonyl (C=O) groups is 2. The fourth-order valence-corrected chi connectivity index (χ4v) is 3.78. The van der Waals surface area contributed by atoms with Crippen LogP contribution in [0.25, 0.3) is 0 Å². The van der Waals surface area contributed by atoms with E-state index in [1.165, 1.54) is 7.11 Å². The van der Waals surface area contributed by atoms with Gasteiger partial charge < -0.3 is 13.9 Å². The predicted molar refractivity (Wildman–Crippen MR) is 109 cm³/mol. The highest BCUT2D eigenvalue weighted by atomic mass is 16.5. The highest BCUT2D eigenvalue weighted by Crippen LogP contribution is 2.25.